The van der Waals surface area contributed by atoms with E-state index in [1.54, 1.807) is 20.8 Å². The smallest absolute Gasteiger partial charge is 0.444 e. The van der Waals surface area contributed by atoms with Crippen molar-refractivity contribution in [3.05, 3.63) is 11.8 Å². The fourth-order valence-electron chi connectivity index (χ4n) is 3.16. The maximum atomic E-state index is 12.7. The van der Waals surface area contributed by atoms with Crippen molar-refractivity contribution in [2.24, 2.45) is 0 Å². The Morgan fingerprint density at radius 3 is 2.38 bits per heavy atom. The van der Waals surface area contributed by atoms with E-state index in [-0.39, 0.29) is 49.7 Å². The average Bonchev–Trinajstić information content (AvgIpc) is 2.99. The molecular weight excluding hydrogens is 419 g/mol. The number of amides is 1. The molecule has 29 heavy (non-hydrogen) atoms. The largest absolute Gasteiger partial charge is 0.523 e. The van der Waals surface area contributed by atoms with Gasteiger partial charge in [-0.05, 0) is 52.9 Å². The van der Waals surface area contributed by atoms with Crippen molar-refractivity contribution in [2.45, 2.75) is 82.6 Å². The maximum Gasteiger partial charge on any atom is 0.523 e. The topological polar surface area (TPSA) is 95.7 Å². The van der Waals surface area contributed by atoms with Gasteiger partial charge in [0.1, 0.15) is 11.7 Å². The van der Waals surface area contributed by atoms with Crippen LogP contribution < -0.4 is 5.32 Å². The van der Waals surface area contributed by atoms with E-state index >= 15 is 0 Å². The van der Waals surface area contributed by atoms with Crippen LogP contribution in [-0.4, -0.2) is 40.9 Å². The van der Waals surface area contributed by atoms with Gasteiger partial charge in [-0.1, -0.05) is 0 Å². The molecule has 0 aromatic carbocycles. The van der Waals surface area contributed by atoms with E-state index in [0.717, 1.165) is 0 Å². The van der Waals surface area contributed by atoms with Gasteiger partial charge in [-0.15, -0.1) is 35.8 Å². The van der Waals surface area contributed by atoms with Crippen molar-refractivity contribution in [1.82, 2.24) is 15.5 Å². The van der Waals surface area contributed by atoms with Gasteiger partial charge in [-0.2, -0.15) is 0 Å². The quantitative estimate of drug-likeness (QED) is 0.746. The Bertz CT molecular complexity index is 695. The first kappa shape index (κ1) is 23.7. The first-order chi connectivity index (χ1) is 13.0. The van der Waals surface area contributed by atoms with Crippen molar-refractivity contribution in [3.8, 4) is 0 Å². The van der Waals surface area contributed by atoms with E-state index in [1.165, 1.54) is 0 Å². The molecule has 0 radical (unpaired) electrons. The summed E-state index contributed by atoms with van der Waals surface area (Å²) in [5, 5.41) is 10.3. The Labute approximate surface area is 172 Å². The molecule has 1 saturated carbocycles. The molecule has 1 saturated heterocycles. The lowest BCUT2D eigenvalue weighted by atomic mass is 9.80. The minimum atomic E-state index is -4.78. The third kappa shape index (κ3) is 6.19. The monoisotopic (exact) mass is 443 g/mol. The van der Waals surface area contributed by atoms with E-state index in [4.69, 9.17) is 13.9 Å². The number of halogens is 4. The van der Waals surface area contributed by atoms with Crippen molar-refractivity contribution < 1.29 is 36.6 Å². The Morgan fingerprint density at radius 1 is 1.21 bits per heavy atom. The predicted octanol–water partition coefficient (Wildman–Crippen LogP) is 4.15. The highest BCUT2D eigenvalue weighted by atomic mass is 35.5. The number of nitrogens with zero attached hydrogens (tertiary/aromatic N) is 2. The van der Waals surface area contributed by atoms with Crippen LogP contribution in [-0.2, 0) is 19.8 Å². The highest BCUT2D eigenvalue weighted by molar-refractivity contribution is 5.85. The molecule has 0 bridgehead atoms. The molecule has 2 heterocycles. The number of rotatable bonds is 4. The number of hydrogen-bond donors (Lipinski definition) is 1. The van der Waals surface area contributed by atoms with Gasteiger partial charge in [0.2, 0.25) is 11.8 Å². The summed E-state index contributed by atoms with van der Waals surface area (Å²) >= 11 is 0. The molecule has 1 aromatic rings. The van der Waals surface area contributed by atoms with Crippen LogP contribution in [0.15, 0.2) is 4.42 Å². The zero-order valence-electron chi connectivity index (χ0n) is 16.4. The van der Waals surface area contributed by atoms with Crippen molar-refractivity contribution in [3.63, 3.8) is 0 Å². The van der Waals surface area contributed by atoms with E-state index in [1.807, 2.05) is 0 Å². The molecule has 3 rings (SSSR count). The van der Waals surface area contributed by atoms with Crippen molar-refractivity contribution in [2.75, 3.05) is 6.61 Å². The third-order valence-electron chi connectivity index (χ3n) is 4.57. The number of carbonyl (C=O) groups excluding carboxylic acids is 1. The fraction of sp³-hybridized carbons (Fsp3) is 0.824. The standard InChI is InChI=1S/C17H24F3N3O5.ClH/c1-15(2,3)27-14(24)21-10-5-6-11(25-9-10)12-22-23-13(26-12)16(7-4-8-16)28-17(18,19)20;/h10-11H,4-9H2,1-3H3,(H,21,24);1H/t10-,11+;/m1./s1. The van der Waals surface area contributed by atoms with E-state index in [0.29, 0.717) is 19.3 Å². The Hall–Kier alpha value is -1.59. The van der Waals surface area contributed by atoms with E-state index in [9.17, 15) is 18.0 Å². The van der Waals surface area contributed by atoms with Crippen molar-refractivity contribution >= 4 is 18.5 Å². The fourth-order valence-corrected chi connectivity index (χ4v) is 3.16. The second-order valence-electron chi connectivity index (χ2n) is 8.08. The lowest BCUT2D eigenvalue weighted by Gasteiger charge is -2.38. The summed E-state index contributed by atoms with van der Waals surface area (Å²) in [5.74, 6) is -0.0635. The minimum absolute atomic E-state index is 0. The van der Waals surface area contributed by atoms with Crippen LogP contribution in [0.5, 0.6) is 0 Å². The number of hydrogen-bond acceptors (Lipinski definition) is 7. The third-order valence-corrected chi connectivity index (χ3v) is 4.57. The first-order valence-electron chi connectivity index (χ1n) is 9.18. The summed E-state index contributed by atoms with van der Waals surface area (Å²) in [6.45, 7) is 5.51. The highest BCUT2D eigenvalue weighted by Crippen LogP contribution is 2.48. The van der Waals surface area contributed by atoms with Gasteiger partial charge in [0.05, 0.1) is 12.6 Å². The molecule has 1 aromatic heterocycles. The highest BCUT2D eigenvalue weighted by Gasteiger charge is 2.52. The molecule has 2 atom stereocenters. The van der Waals surface area contributed by atoms with Crippen LogP contribution >= 0.6 is 12.4 Å². The number of aromatic nitrogens is 2. The van der Waals surface area contributed by atoms with Crippen LogP contribution in [0.4, 0.5) is 18.0 Å². The Kier molecular flexibility index (Phi) is 7.06. The summed E-state index contributed by atoms with van der Waals surface area (Å²) < 4.78 is 58.6. The normalized spacial score (nSPS) is 24.2. The molecule has 2 fully saturated rings. The lowest BCUT2D eigenvalue weighted by molar-refractivity contribution is -0.387. The molecule has 0 unspecified atom stereocenters. The van der Waals surface area contributed by atoms with Gasteiger partial charge in [0, 0.05) is 0 Å². The molecule has 166 valence electrons. The summed E-state index contributed by atoms with van der Waals surface area (Å²) in [7, 11) is 0. The first-order valence-corrected chi connectivity index (χ1v) is 9.18. The molecule has 1 amide bonds. The van der Waals surface area contributed by atoms with Gasteiger partial charge in [0.25, 0.3) is 0 Å². The van der Waals surface area contributed by atoms with Gasteiger partial charge >= 0.3 is 12.5 Å². The lowest BCUT2D eigenvalue weighted by Crippen LogP contribution is -2.43. The number of alkyl halides is 3. The molecule has 2 aliphatic rings. The number of ether oxygens (including phenoxy) is 3. The van der Waals surface area contributed by atoms with E-state index < -0.39 is 29.8 Å². The Morgan fingerprint density at radius 2 is 1.90 bits per heavy atom. The van der Waals surface area contributed by atoms with Gasteiger partial charge in [-0.25, -0.2) is 4.79 Å². The maximum absolute atomic E-state index is 12.7. The predicted molar refractivity (Wildman–Crippen MR) is 95.3 cm³/mol. The molecule has 12 heteroatoms. The zero-order valence-corrected chi connectivity index (χ0v) is 17.2. The second kappa shape index (κ2) is 8.65. The zero-order chi connectivity index (χ0) is 20.6. The molecule has 0 spiro atoms. The summed E-state index contributed by atoms with van der Waals surface area (Å²) in [6, 6.07) is -0.236. The van der Waals surface area contributed by atoms with Crippen LogP contribution in [0.25, 0.3) is 0 Å². The SMILES string of the molecule is CC(C)(C)OC(=O)N[C@@H]1CC[C@@H](c2nnc(C3(OC(F)(F)F)CCC3)o2)OC1.Cl. The van der Waals surface area contributed by atoms with Crippen LogP contribution in [0.1, 0.15) is 70.8 Å². The summed E-state index contributed by atoms with van der Waals surface area (Å²) in [6.07, 6.45) is -3.89. The molecular formula is C17H25ClF3N3O5. The molecule has 1 aliphatic carbocycles. The molecule has 1 N–H and O–H groups in total. The van der Waals surface area contributed by atoms with Crippen LogP contribution in [0.2, 0.25) is 0 Å². The average molecular weight is 444 g/mol. The minimum Gasteiger partial charge on any atom is -0.444 e. The van der Waals surface area contributed by atoms with Crippen LogP contribution in [0.3, 0.4) is 0 Å². The van der Waals surface area contributed by atoms with Gasteiger partial charge in [-0.3, -0.25) is 4.74 Å². The van der Waals surface area contributed by atoms with Gasteiger partial charge < -0.3 is 19.2 Å². The molecule has 8 nitrogen and oxygen atoms in total. The number of carbonyl (C=O) groups is 1. The summed E-state index contributed by atoms with van der Waals surface area (Å²) in [4.78, 5) is 11.8. The van der Waals surface area contributed by atoms with Crippen molar-refractivity contribution in [1.29, 1.82) is 0 Å². The Balaban J connectivity index is 0.00000300. The summed E-state index contributed by atoms with van der Waals surface area (Å²) in [5.41, 5.74) is -2.20. The second-order valence-corrected chi connectivity index (χ2v) is 8.08. The van der Waals surface area contributed by atoms with Gasteiger partial charge in [0.15, 0.2) is 5.60 Å². The van der Waals surface area contributed by atoms with E-state index in [2.05, 4.69) is 20.3 Å². The van der Waals surface area contributed by atoms with Crippen LogP contribution in [0, 0.1) is 0 Å². The number of alkyl carbamates (subject to hydrolysis) is 1. The molecule has 1 aliphatic heterocycles. The number of nitrogens with one attached hydrogen (secondary N) is 1.